The van der Waals surface area contributed by atoms with Crippen molar-refractivity contribution in [1.82, 2.24) is 15.3 Å². The van der Waals surface area contributed by atoms with Gasteiger partial charge in [0.05, 0.1) is 10.0 Å². The van der Waals surface area contributed by atoms with Crippen molar-refractivity contribution in [3.05, 3.63) is 34.1 Å². The van der Waals surface area contributed by atoms with E-state index in [1.54, 1.807) is 12.1 Å². The molecule has 98 valence electrons. The Morgan fingerprint density at radius 3 is 2.67 bits per heavy atom. The van der Waals surface area contributed by atoms with Crippen LogP contribution in [0, 0.1) is 5.82 Å². The van der Waals surface area contributed by atoms with Crippen molar-refractivity contribution in [3.63, 3.8) is 0 Å². The number of likely N-dealkylation sites (N-methyl/N-ethyl adjacent to an activating group) is 1. The maximum absolute atomic E-state index is 13.7. The number of nitrogens with zero attached hydrogens (tertiary/aromatic N) is 2. The Morgan fingerprint density at radius 2 is 2.00 bits per heavy atom. The molecule has 1 amide bonds. The Bertz CT molecular complexity index is 447. The van der Waals surface area contributed by atoms with Gasteiger partial charge in [-0.15, -0.1) is 0 Å². The normalized spacial score (nSPS) is 17.7. The summed E-state index contributed by atoms with van der Waals surface area (Å²) in [7, 11) is 2.03. The lowest BCUT2D eigenvalue weighted by molar-refractivity contribution is 0.0658. The van der Waals surface area contributed by atoms with Crippen molar-refractivity contribution < 1.29 is 9.18 Å². The fourth-order valence-corrected chi connectivity index (χ4v) is 2.17. The summed E-state index contributed by atoms with van der Waals surface area (Å²) in [5, 5.41) is 1.82. The lowest BCUT2D eigenvalue weighted by atomic mass is 10.2. The molecule has 0 aromatic heterocycles. The van der Waals surface area contributed by atoms with Crippen LogP contribution in [0.15, 0.2) is 22.7 Å². The molecule has 18 heavy (non-hydrogen) atoms. The second-order valence-electron chi connectivity index (χ2n) is 4.33. The van der Waals surface area contributed by atoms with Gasteiger partial charge >= 0.3 is 0 Å². The first-order chi connectivity index (χ1) is 8.58. The molecule has 1 aliphatic heterocycles. The molecular weight excluding hydrogens is 301 g/mol. The maximum atomic E-state index is 13.7. The molecule has 1 fully saturated rings. The van der Waals surface area contributed by atoms with Gasteiger partial charge in [0.2, 0.25) is 0 Å². The minimum Gasteiger partial charge on any atom is -0.304 e. The number of carbonyl (C=O) groups is 1. The summed E-state index contributed by atoms with van der Waals surface area (Å²) >= 11 is 3.07. The van der Waals surface area contributed by atoms with Gasteiger partial charge in [-0.2, -0.15) is 0 Å². The molecule has 0 atom stereocenters. The number of rotatable bonds is 2. The number of hydrogen-bond donors (Lipinski definition) is 1. The summed E-state index contributed by atoms with van der Waals surface area (Å²) in [4.78, 5) is 14.1. The lowest BCUT2D eigenvalue weighted by Crippen LogP contribution is -2.52. The number of hydrazine groups is 1. The highest BCUT2D eigenvalue weighted by Gasteiger charge is 2.19. The molecule has 1 aliphatic rings. The van der Waals surface area contributed by atoms with Crippen LogP contribution in [0.2, 0.25) is 0 Å². The Labute approximate surface area is 114 Å². The van der Waals surface area contributed by atoms with Crippen molar-refractivity contribution in [2.45, 2.75) is 0 Å². The summed E-state index contributed by atoms with van der Waals surface area (Å²) in [6.45, 7) is 3.28. The van der Waals surface area contributed by atoms with Crippen LogP contribution < -0.4 is 5.43 Å². The van der Waals surface area contributed by atoms with Crippen molar-refractivity contribution in [2.24, 2.45) is 0 Å². The number of carbonyl (C=O) groups excluding carboxylic acids is 1. The van der Waals surface area contributed by atoms with E-state index < -0.39 is 11.7 Å². The SMILES string of the molecule is CN1CCN(NC(=O)c2cccc(Br)c2F)CC1. The highest BCUT2D eigenvalue weighted by molar-refractivity contribution is 9.10. The van der Waals surface area contributed by atoms with E-state index in [2.05, 4.69) is 26.3 Å². The van der Waals surface area contributed by atoms with Crippen LogP contribution in [0.25, 0.3) is 0 Å². The Balaban J connectivity index is 2.01. The number of amides is 1. The molecule has 1 aromatic carbocycles. The average Bonchev–Trinajstić information content (AvgIpc) is 2.35. The fraction of sp³-hybridized carbons (Fsp3) is 0.417. The van der Waals surface area contributed by atoms with E-state index in [-0.39, 0.29) is 5.56 Å². The van der Waals surface area contributed by atoms with E-state index in [0.717, 1.165) is 26.2 Å². The van der Waals surface area contributed by atoms with Crippen molar-refractivity contribution in [2.75, 3.05) is 33.2 Å². The zero-order valence-electron chi connectivity index (χ0n) is 10.1. The van der Waals surface area contributed by atoms with Crippen LogP contribution >= 0.6 is 15.9 Å². The molecule has 1 N–H and O–H groups in total. The molecule has 6 heteroatoms. The lowest BCUT2D eigenvalue weighted by Gasteiger charge is -2.32. The Morgan fingerprint density at radius 1 is 1.33 bits per heavy atom. The molecule has 2 rings (SSSR count). The van der Waals surface area contributed by atoms with Gasteiger partial charge in [-0.1, -0.05) is 6.07 Å². The highest BCUT2D eigenvalue weighted by Crippen LogP contribution is 2.18. The summed E-state index contributed by atoms with van der Waals surface area (Å²) in [6.07, 6.45) is 0. The molecule has 4 nitrogen and oxygen atoms in total. The van der Waals surface area contributed by atoms with Gasteiger partial charge in [0.15, 0.2) is 0 Å². The maximum Gasteiger partial charge on any atom is 0.268 e. The van der Waals surface area contributed by atoms with Gasteiger partial charge in [0.1, 0.15) is 5.82 Å². The summed E-state index contributed by atoms with van der Waals surface area (Å²) in [5.41, 5.74) is 2.79. The quantitative estimate of drug-likeness (QED) is 0.898. The van der Waals surface area contributed by atoms with E-state index in [1.807, 2.05) is 12.1 Å². The minimum atomic E-state index is -0.524. The van der Waals surface area contributed by atoms with Crippen molar-refractivity contribution in [3.8, 4) is 0 Å². The predicted molar refractivity (Wildman–Crippen MR) is 70.6 cm³/mol. The zero-order chi connectivity index (χ0) is 13.1. The first-order valence-electron chi connectivity index (χ1n) is 5.76. The van der Waals surface area contributed by atoms with Crippen molar-refractivity contribution >= 4 is 21.8 Å². The standard InChI is InChI=1S/C12H15BrFN3O/c1-16-5-7-17(8-6-16)15-12(18)9-3-2-4-10(13)11(9)14/h2-4H,5-8H2,1H3,(H,15,18). The largest absolute Gasteiger partial charge is 0.304 e. The minimum absolute atomic E-state index is 0.0586. The highest BCUT2D eigenvalue weighted by atomic mass is 79.9. The van der Waals surface area contributed by atoms with E-state index in [0.29, 0.717) is 4.47 Å². The average molecular weight is 316 g/mol. The Kier molecular flexibility index (Phi) is 4.31. The van der Waals surface area contributed by atoms with E-state index in [4.69, 9.17) is 0 Å². The molecule has 1 saturated heterocycles. The molecule has 0 bridgehead atoms. The van der Waals surface area contributed by atoms with E-state index in [9.17, 15) is 9.18 Å². The molecule has 1 aromatic rings. The molecule has 0 spiro atoms. The molecule has 0 radical (unpaired) electrons. The van der Waals surface area contributed by atoms with Gasteiger partial charge in [-0.25, -0.2) is 9.40 Å². The molecule has 0 saturated carbocycles. The summed E-state index contributed by atoms with van der Waals surface area (Å²) < 4.78 is 14.0. The first kappa shape index (κ1) is 13.5. The van der Waals surface area contributed by atoms with Gasteiger partial charge in [-0.05, 0) is 35.1 Å². The summed E-state index contributed by atoms with van der Waals surface area (Å²) in [5.74, 6) is -0.928. The van der Waals surface area contributed by atoms with Crippen LogP contribution in [0.1, 0.15) is 10.4 Å². The van der Waals surface area contributed by atoms with Crippen LogP contribution in [0.5, 0.6) is 0 Å². The molecule has 0 aliphatic carbocycles. The third-order valence-electron chi connectivity index (χ3n) is 2.96. The Hall–Kier alpha value is -0.980. The third kappa shape index (κ3) is 3.07. The third-order valence-corrected chi connectivity index (χ3v) is 3.57. The molecule has 0 unspecified atom stereocenters. The van der Waals surface area contributed by atoms with Crippen LogP contribution in [-0.2, 0) is 0 Å². The smallest absolute Gasteiger partial charge is 0.268 e. The second kappa shape index (κ2) is 5.77. The van der Waals surface area contributed by atoms with Crippen LogP contribution in [0.4, 0.5) is 4.39 Å². The number of halogens is 2. The van der Waals surface area contributed by atoms with Crippen LogP contribution in [0.3, 0.4) is 0 Å². The molecular formula is C12H15BrFN3O. The van der Waals surface area contributed by atoms with Crippen LogP contribution in [-0.4, -0.2) is 49.0 Å². The number of hydrogen-bond acceptors (Lipinski definition) is 3. The zero-order valence-corrected chi connectivity index (χ0v) is 11.7. The van der Waals surface area contributed by atoms with Gasteiger partial charge in [-0.3, -0.25) is 10.2 Å². The van der Waals surface area contributed by atoms with Gasteiger partial charge < -0.3 is 4.90 Å². The molecule has 1 heterocycles. The van der Waals surface area contributed by atoms with E-state index >= 15 is 0 Å². The first-order valence-corrected chi connectivity index (χ1v) is 6.55. The number of benzene rings is 1. The topological polar surface area (TPSA) is 35.6 Å². The second-order valence-corrected chi connectivity index (χ2v) is 5.19. The predicted octanol–water partition coefficient (Wildman–Crippen LogP) is 1.48. The van der Waals surface area contributed by atoms with E-state index in [1.165, 1.54) is 6.07 Å². The number of piperazine rings is 1. The van der Waals surface area contributed by atoms with Crippen molar-refractivity contribution in [1.29, 1.82) is 0 Å². The van der Waals surface area contributed by atoms with Gasteiger partial charge in [0.25, 0.3) is 5.91 Å². The number of nitrogens with one attached hydrogen (secondary N) is 1. The summed E-state index contributed by atoms with van der Waals surface area (Å²) in [6, 6.07) is 4.69. The monoisotopic (exact) mass is 315 g/mol. The van der Waals surface area contributed by atoms with Gasteiger partial charge in [0, 0.05) is 26.2 Å². The fourth-order valence-electron chi connectivity index (χ4n) is 1.80.